The van der Waals surface area contributed by atoms with E-state index in [1.165, 1.54) is 6.07 Å². The molecular formula is C9H13N3O. The fourth-order valence-corrected chi connectivity index (χ4v) is 1.61. The highest BCUT2D eigenvalue weighted by molar-refractivity contribution is 5.12. The van der Waals surface area contributed by atoms with E-state index < -0.39 is 0 Å². The maximum absolute atomic E-state index is 11.1. The predicted molar refractivity (Wildman–Crippen MR) is 49.3 cm³/mol. The number of nitrogens with one attached hydrogen (secondary N) is 1. The normalized spacial score (nSPS) is 19.5. The Hall–Kier alpha value is -1.16. The summed E-state index contributed by atoms with van der Waals surface area (Å²) in [6.07, 6.45) is 2.95. The molecule has 0 amide bonds. The summed E-state index contributed by atoms with van der Waals surface area (Å²) in [6.45, 7) is 1.81. The van der Waals surface area contributed by atoms with Crippen molar-refractivity contribution in [1.29, 1.82) is 0 Å². The van der Waals surface area contributed by atoms with E-state index in [4.69, 9.17) is 5.73 Å². The lowest BCUT2D eigenvalue weighted by atomic mass is 9.77. The number of nitrogens with zero attached hydrogens (tertiary/aromatic N) is 1. The van der Waals surface area contributed by atoms with Crippen LogP contribution in [0.3, 0.4) is 0 Å². The fourth-order valence-electron chi connectivity index (χ4n) is 1.61. The first-order chi connectivity index (χ1) is 6.10. The Morgan fingerprint density at radius 3 is 2.77 bits per heavy atom. The average Bonchev–Trinajstić information content (AvgIpc) is 1.98. The topological polar surface area (TPSA) is 71.8 Å². The highest BCUT2D eigenvalue weighted by atomic mass is 16.1. The summed E-state index contributed by atoms with van der Waals surface area (Å²) >= 11 is 0. The molecule has 1 aliphatic rings. The van der Waals surface area contributed by atoms with Gasteiger partial charge in [-0.25, -0.2) is 4.98 Å². The van der Waals surface area contributed by atoms with Crippen LogP contribution in [0.2, 0.25) is 0 Å². The van der Waals surface area contributed by atoms with E-state index >= 15 is 0 Å². The predicted octanol–water partition coefficient (Wildman–Crippen LogP) is 0.416. The van der Waals surface area contributed by atoms with Crippen LogP contribution in [0.25, 0.3) is 0 Å². The van der Waals surface area contributed by atoms with Gasteiger partial charge >= 0.3 is 0 Å². The van der Waals surface area contributed by atoms with E-state index in [9.17, 15) is 4.79 Å². The smallest absolute Gasteiger partial charge is 0.251 e. The van der Waals surface area contributed by atoms with Crippen LogP contribution in [0, 0.1) is 6.92 Å². The van der Waals surface area contributed by atoms with E-state index in [1.54, 1.807) is 6.92 Å². The van der Waals surface area contributed by atoms with E-state index in [0.717, 1.165) is 25.0 Å². The van der Waals surface area contributed by atoms with Gasteiger partial charge in [-0.1, -0.05) is 0 Å². The minimum Gasteiger partial charge on any atom is -0.319 e. The van der Waals surface area contributed by atoms with Gasteiger partial charge in [0.1, 0.15) is 5.82 Å². The number of aromatic nitrogens is 2. The summed E-state index contributed by atoms with van der Waals surface area (Å²) in [5.41, 5.74) is 6.28. The molecular weight excluding hydrogens is 166 g/mol. The third kappa shape index (κ3) is 1.37. The molecule has 0 unspecified atom stereocenters. The quantitative estimate of drug-likeness (QED) is 0.656. The molecule has 13 heavy (non-hydrogen) atoms. The summed E-state index contributed by atoms with van der Waals surface area (Å²) in [5, 5.41) is 0. The van der Waals surface area contributed by atoms with Gasteiger partial charge in [-0.05, 0) is 26.2 Å². The molecule has 1 aromatic heterocycles. The molecule has 4 heteroatoms. The maximum atomic E-state index is 11.1. The van der Waals surface area contributed by atoms with Crippen LogP contribution in [0.4, 0.5) is 0 Å². The highest BCUT2D eigenvalue weighted by Crippen LogP contribution is 2.36. The van der Waals surface area contributed by atoms with Crippen LogP contribution in [-0.2, 0) is 5.54 Å². The van der Waals surface area contributed by atoms with Gasteiger partial charge in [0.2, 0.25) is 0 Å². The molecule has 0 spiro atoms. The second-order valence-corrected chi connectivity index (χ2v) is 3.75. The zero-order valence-corrected chi connectivity index (χ0v) is 7.63. The van der Waals surface area contributed by atoms with Gasteiger partial charge < -0.3 is 10.7 Å². The van der Waals surface area contributed by atoms with Crippen LogP contribution in [0.1, 0.15) is 30.8 Å². The van der Waals surface area contributed by atoms with Crippen LogP contribution >= 0.6 is 0 Å². The molecule has 1 aliphatic carbocycles. The lowest BCUT2D eigenvalue weighted by Crippen LogP contribution is -2.45. The van der Waals surface area contributed by atoms with Crippen molar-refractivity contribution in [2.24, 2.45) is 5.73 Å². The van der Waals surface area contributed by atoms with Crippen molar-refractivity contribution in [2.75, 3.05) is 0 Å². The van der Waals surface area contributed by atoms with Gasteiger partial charge in [0.15, 0.2) is 0 Å². The molecule has 3 N–H and O–H groups in total. The van der Waals surface area contributed by atoms with Crippen molar-refractivity contribution in [2.45, 2.75) is 31.7 Å². The molecule has 0 bridgehead atoms. The number of H-pyrrole nitrogens is 1. The van der Waals surface area contributed by atoms with Crippen molar-refractivity contribution < 1.29 is 0 Å². The molecule has 4 nitrogen and oxygen atoms in total. The molecule has 2 rings (SSSR count). The molecule has 1 heterocycles. The molecule has 0 atom stereocenters. The van der Waals surface area contributed by atoms with Crippen molar-refractivity contribution in [3.63, 3.8) is 0 Å². The summed E-state index contributed by atoms with van der Waals surface area (Å²) in [5.74, 6) is 0.642. The van der Waals surface area contributed by atoms with Gasteiger partial charge in [-0.15, -0.1) is 0 Å². The summed E-state index contributed by atoms with van der Waals surface area (Å²) in [4.78, 5) is 18.1. The first kappa shape index (κ1) is 8.44. The fraction of sp³-hybridized carbons (Fsp3) is 0.556. The number of hydrogen-bond acceptors (Lipinski definition) is 3. The first-order valence-electron chi connectivity index (χ1n) is 4.47. The minimum atomic E-state index is -0.370. The Kier molecular flexibility index (Phi) is 1.73. The van der Waals surface area contributed by atoms with Crippen molar-refractivity contribution >= 4 is 0 Å². The largest absolute Gasteiger partial charge is 0.319 e. The van der Waals surface area contributed by atoms with Crippen molar-refractivity contribution in [1.82, 2.24) is 9.97 Å². The van der Waals surface area contributed by atoms with Crippen LogP contribution in [0.15, 0.2) is 10.9 Å². The molecule has 1 fully saturated rings. The van der Waals surface area contributed by atoms with Crippen LogP contribution < -0.4 is 11.3 Å². The number of nitrogens with two attached hydrogens (primary N) is 1. The third-order valence-electron chi connectivity index (χ3n) is 2.59. The number of rotatable bonds is 1. The second kappa shape index (κ2) is 2.67. The number of aromatic amines is 1. The standard InChI is InChI=1S/C9H13N3O/c1-6-5-7(13)12-8(11-6)9(10)3-2-4-9/h5H,2-4,10H2,1H3,(H,11,12,13). The van der Waals surface area contributed by atoms with Gasteiger partial charge in [-0.2, -0.15) is 0 Å². The molecule has 0 aliphatic heterocycles. The van der Waals surface area contributed by atoms with E-state index in [-0.39, 0.29) is 11.1 Å². The molecule has 0 radical (unpaired) electrons. The lowest BCUT2D eigenvalue weighted by Gasteiger charge is -2.36. The summed E-state index contributed by atoms with van der Waals surface area (Å²) in [6, 6.07) is 1.48. The molecule has 0 aromatic carbocycles. The SMILES string of the molecule is Cc1cc(=O)[nH]c(C2(N)CCC2)n1. The summed E-state index contributed by atoms with van der Waals surface area (Å²) < 4.78 is 0. The maximum Gasteiger partial charge on any atom is 0.251 e. The Balaban J connectivity index is 2.45. The van der Waals surface area contributed by atoms with Crippen LogP contribution in [-0.4, -0.2) is 9.97 Å². The minimum absolute atomic E-state index is 0.112. The molecule has 1 saturated carbocycles. The van der Waals surface area contributed by atoms with Crippen LogP contribution in [0.5, 0.6) is 0 Å². The highest BCUT2D eigenvalue weighted by Gasteiger charge is 2.36. The Morgan fingerprint density at radius 1 is 1.62 bits per heavy atom. The van der Waals surface area contributed by atoms with Crippen molar-refractivity contribution in [3.8, 4) is 0 Å². The Labute approximate surface area is 76.2 Å². The van der Waals surface area contributed by atoms with E-state index in [2.05, 4.69) is 9.97 Å². The van der Waals surface area contributed by atoms with Gasteiger partial charge in [-0.3, -0.25) is 4.79 Å². The summed E-state index contributed by atoms with van der Waals surface area (Å²) in [7, 11) is 0. The Morgan fingerprint density at radius 2 is 2.31 bits per heavy atom. The molecule has 1 aromatic rings. The monoisotopic (exact) mass is 179 g/mol. The number of aryl methyl sites for hydroxylation is 1. The lowest BCUT2D eigenvalue weighted by molar-refractivity contribution is 0.237. The van der Waals surface area contributed by atoms with Crippen molar-refractivity contribution in [3.05, 3.63) is 27.9 Å². The van der Waals surface area contributed by atoms with Gasteiger partial charge in [0, 0.05) is 11.8 Å². The molecule has 0 saturated heterocycles. The van der Waals surface area contributed by atoms with Gasteiger partial charge in [0.25, 0.3) is 5.56 Å². The average molecular weight is 179 g/mol. The van der Waals surface area contributed by atoms with E-state index in [0.29, 0.717) is 5.82 Å². The number of hydrogen-bond donors (Lipinski definition) is 2. The van der Waals surface area contributed by atoms with Gasteiger partial charge in [0.05, 0.1) is 5.54 Å². The molecule has 70 valence electrons. The first-order valence-corrected chi connectivity index (χ1v) is 4.47. The zero-order valence-electron chi connectivity index (χ0n) is 7.63. The third-order valence-corrected chi connectivity index (χ3v) is 2.59. The van der Waals surface area contributed by atoms with E-state index in [1.807, 2.05) is 0 Å². The zero-order chi connectivity index (χ0) is 9.47. The second-order valence-electron chi connectivity index (χ2n) is 3.75. The Bertz CT molecular complexity index is 379.